The van der Waals surface area contributed by atoms with Crippen molar-refractivity contribution < 1.29 is 0 Å². The van der Waals surface area contributed by atoms with Crippen molar-refractivity contribution in [3.8, 4) is 0 Å². The van der Waals surface area contributed by atoms with Gasteiger partial charge in [0.05, 0.1) is 17.9 Å². The highest BCUT2D eigenvalue weighted by Crippen LogP contribution is 2.32. The standard InChI is InChI=1S/C15H14N2S2/c1-11-6-7-12(10-16-11)17-15(13-4-2-8-18-13)14-5-3-9-19-14/h2-10,15,17H,1H3. The summed E-state index contributed by atoms with van der Waals surface area (Å²) >= 11 is 3.55. The number of hydrogen-bond acceptors (Lipinski definition) is 4. The van der Waals surface area contributed by atoms with Crippen molar-refractivity contribution >= 4 is 28.4 Å². The fourth-order valence-corrected chi connectivity index (χ4v) is 3.57. The van der Waals surface area contributed by atoms with Crippen molar-refractivity contribution in [2.75, 3.05) is 5.32 Å². The van der Waals surface area contributed by atoms with Crippen LogP contribution in [-0.2, 0) is 0 Å². The van der Waals surface area contributed by atoms with Crippen LogP contribution in [0.25, 0.3) is 0 Å². The number of hydrogen-bond donors (Lipinski definition) is 1. The number of aromatic nitrogens is 1. The van der Waals surface area contributed by atoms with E-state index < -0.39 is 0 Å². The van der Waals surface area contributed by atoms with Gasteiger partial charge in [0.1, 0.15) is 0 Å². The molecule has 4 heteroatoms. The third kappa shape index (κ3) is 2.85. The van der Waals surface area contributed by atoms with E-state index in [2.05, 4.69) is 51.4 Å². The molecule has 3 aromatic heterocycles. The van der Waals surface area contributed by atoms with Crippen LogP contribution in [0.4, 0.5) is 5.69 Å². The van der Waals surface area contributed by atoms with Gasteiger partial charge in [-0.3, -0.25) is 4.98 Å². The van der Waals surface area contributed by atoms with Crippen molar-refractivity contribution in [2.24, 2.45) is 0 Å². The molecule has 3 rings (SSSR count). The van der Waals surface area contributed by atoms with Crippen LogP contribution in [0.15, 0.2) is 53.4 Å². The Morgan fingerprint density at radius 1 is 1.00 bits per heavy atom. The molecule has 2 nitrogen and oxygen atoms in total. The second-order valence-electron chi connectivity index (χ2n) is 4.30. The van der Waals surface area contributed by atoms with Crippen LogP contribution in [0, 0.1) is 6.92 Å². The number of aryl methyl sites for hydroxylation is 1. The van der Waals surface area contributed by atoms with Gasteiger partial charge >= 0.3 is 0 Å². The summed E-state index contributed by atoms with van der Waals surface area (Å²) in [7, 11) is 0. The molecule has 0 aliphatic heterocycles. The van der Waals surface area contributed by atoms with Crippen LogP contribution in [0.1, 0.15) is 21.5 Å². The Balaban J connectivity index is 1.90. The lowest BCUT2D eigenvalue weighted by Crippen LogP contribution is -2.09. The van der Waals surface area contributed by atoms with Crippen LogP contribution >= 0.6 is 22.7 Å². The van der Waals surface area contributed by atoms with E-state index >= 15 is 0 Å². The molecule has 0 radical (unpaired) electrons. The Bertz CT molecular complexity index is 578. The average molecular weight is 286 g/mol. The van der Waals surface area contributed by atoms with Crippen LogP contribution in [0.5, 0.6) is 0 Å². The summed E-state index contributed by atoms with van der Waals surface area (Å²) in [5.41, 5.74) is 2.09. The molecule has 96 valence electrons. The minimum Gasteiger partial charge on any atom is -0.371 e. The van der Waals surface area contributed by atoms with E-state index in [-0.39, 0.29) is 6.04 Å². The van der Waals surface area contributed by atoms with E-state index in [1.165, 1.54) is 9.75 Å². The first-order valence-electron chi connectivity index (χ1n) is 6.09. The zero-order valence-corrected chi connectivity index (χ0v) is 12.2. The predicted octanol–water partition coefficient (Wildman–Crippen LogP) is 4.71. The van der Waals surface area contributed by atoms with E-state index in [4.69, 9.17) is 0 Å². The monoisotopic (exact) mass is 286 g/mol. The van der Waals surface area contributed by atoms with Crippen molar-refractivity contribution in [3.63, 3.8) is 0 Å². The minimum atomic E-state index is 0.213. The van der Waals surface area contributed by atoms with Crippen LogP contribution in [0.2, 0.25) is 0 Å². The van der Waals surface area contributed by atoms with Gasteiger partial charge in [-0.1, -0.05) is 12.1 Å². The molecule has 0 unspecified atom stereocenters. The molecule has 1 N–H and O–H groups in total. The van der Waals surface area contributed by atoms with Gasteiger partial charge in [0.2, 0.25) is 0 Å². The molecule has 0 aliphatic carbocycles. The maximum Gasteiger partial charge on any atom is 0.0954 e. The smallest absolute Gasteiger partial charge is 0.0954 e. The fraction of sp³-hybridized carbons (Fsp3) is 0.133. The first-order valence-corrected chi connectivity index (χ1v) is 7.85. The van der Waals surface area contributed by atoms with Gasteiger partial charge < -0.3 is 5.32 Å². The van der Waals surface area contributed by atoms with E-state index in [9.17, 15) is 0 Å². The summed E-state index contributed by atoms with van der Waals surface area (Å²) in [6, 6.07) is 12.8. The highest BCUT2D eigenvalue weighted by Gasteiger charge is 2.16. The maximum absolute atomic E-state index is 4.34. The predicted molar refractivity (Wildman–Crippen MR) is 83.1 cm³/mol. The van der Waals surface area contributed by atoms with E-state index in [1.54, 1.807) is 22.7 Å². The molecule has 0 aliphatic rings. The van der Waals surface area contributed by atoms with E-state index in [0.29, 0.717) is 0 Å². The quantitative estimate of drug-likeness (QED) is 0.751. The van der Waals surface area contributed by atoms with Crippen molar-refractivity contribution in [1.82, 2.24) is 4.98 Å². The molecule has 3 heterocycles. The van der Waals surface area contributed by atoms with Crippen LogP contribution in [-0.4, -0.2) is 4.98 Å². The number of nitrogens with one attached hydrogen (secondary N) is 1. The Labute approximate surface area is 120 Å². The van der Waals surface area contributed by atoms with Crippen molar-refractivity contribution in [2.45, 2.75) is 13.0 Å². The Morgan fingerprint density at radius 2 is 1.68 bits per heavy atom. The molecule has 0 bridgehead atoms. The van der Waals surface area contributed by atoms with Crippen molar-refractivity contribution in [3.05, 3.63) is 68.8 Å². The molecular formula is C15H14N2S2. The molecule has 0 atom stereocenters. The summed E-state index contributed by atoms with van der Waals surface area (Å²) in [5.74, 6) is 0. The Morgan fingerprint density at radius 3 is 2.16 bits per heavy atom. The summed E-state index contributed by atoms with van der Waals surface area (Å²) in [6.07, 6.45) is 1.89. The van der Waals surface area contributed by atoms with E-state index in [0.717, 1.165) is 11.4 Å². The molecule has 0 fully saturated rings. The van der Waals surface area contributed by atoms with Crippen molar-refractivity contribution in [1.29, 1.82) is 0 Å². The largest absolute Gasteiger partial charge is 0.371 e. The topological polar surface area (TPSA) is 24.9 Å². The molecule has 0 saturated heterocycles. The zero-order valence-electron chi connectivity index (χ0n) is 10.5. The number of pyridine rings is 1. The minimum absolute atomic E-state index is 0.213. The lowest BCUT2D eigenvalue weighted by atomic mass is 10.2. The summed E-state index contributed by atoms with van der Waals surface area (Å²) in [4.78, 5) is 6.98. The van der Waals surface area contributed by atoms with Gasteiger partial charge in [-0.25, -0.2) is 0 Å². The third-order valence-corrected chi connectivity index (χ3v) is 4.75. The van der Waals surface area contributed by atoms with Gasteiger partial charge in [-0.05, 0) is 41.9 Å². The Hall–Kier alpha value is -1.65. The van der Waals surface area contributed by atoms with Gasteiger partial charge in [0, 0.05) is 15.4 Å². The first-order chi connectivity index (χ1) is 9.33. The van der Waals surface area contributed by atoms with Gasteiger partial charge in [0.15, 0.2) is 0 Å². The summed E-state index contributed by atoms with van der Waals surface area (Å²) in [6.45, 7) is 2.00. The number of thiophene rings is 2. The lowest BCUT2D eigenvalue weighted by molar-refractivity contribution is 0.987. The highest BCUT2D eigenvalue weighted by atomic mass is 32.1. The molecule has 19 heavy (non-hydrogen) atoms. The number of rotatable bonds is 4. The number of nitrogens with zero attached hydrogens (tertiary/aromatic N) is 1. The highest BCUT2D eigenvalue weighted by molar-refractivity contribution is 7.11. The summed E-state index contributed by atoms with van der Waals surface area (Å²) < 4.78 is 0. The molecule has 0 saturated carbocycles. The van der Waals surface area contributed by atoms with Gasteiger partial charge in [-0.2, -0.15) is 0 Å². The lowest BCUT2D eigenvalue weighted by Gasteiger charge is -2.17. The second kappa shape index (κ2) is 5.55. The summed E-state index contributed by atoms with van der Waals surface area (Å²) in [5, 5.41) is 7.80. The molecular weight excluding hydrogens is 272 g/mol. The van der Waals surface area contributed by atoms with Crippen LogP contribution in [0.3, 0.4) is 0 Å². The average Bonchev–Trinajstić information content (AvgIpc) is 3.11. The molecule has 0 aromatic carbocycles. The van der Waals surface area contributed by atoms with Gasteiger partial charge in [0.25, 0.3) is 0 Å². The van der Waals surface area contributed by atoms with E-state index in [1.807, 2.05) is 19.2 Å². The normalized spacial score (nSPS) is 10.8. The third-order valence-electron chi connectivity index (χ3n) is 2.88. The van der Waals surface area contributed by atoms with Gasteiger partial charge in [-0.15, -0.1) is 22.7 Å². The molecule has 0 spiro atoms. The van der Waals surface area contributed by atoms with Crippen LogP contribution < -0.4 is 5.32 Å². The molecule has 0 amide bonds. The fourth-order valence-electron chi connectivity index (χ4n) is 1.91. The first kappa shape index (κ1) is 12.4. The second-order valence-corrected chi connectivity index (χ2v) is 6.25. The zero-order chi connectivity index (χ0) is 13.1. The molecule has 3 aromatic rings. The number of anilines is 1. The SMILES string of the molecule is Cc1ccc(NC(c2cccs2)c2cccs2)cn1. The maximum atomic E-state index is 4.34. The Kier molecular flexibility index (Phi) is 3.62.